The Kier molecular flexibility index (Phi) is 13.7. The molecular weight excluding hydrogens is 350 g/mol. The van der Waals surface area contributed by atoms with E-state index >= 15 is 0 Å². The summed E-state index contributed by atoms with van der Waals surface area (Å²) in [5.41, 5.74) is 2.51. The molecule has 0 aliphatic rings. The van der Waals surface area contributed by atoms with E-state index in [0.29, 0.717) is 6.04 Å². The van der Waals surface area contributed by atoms with E-state index in [1.165, 1.54) is 12.5 Å². The lowest BCUT2D eigenvalue weighted by Crippen LogP contribution is -2.43. The Labute approximate surface area is 171 Å². The van der Waals surface area contributed by atoms with Crippen LogP contribution in [-0.4, -0.2) is 49.8 Å². The van der Waals surface area contributed by atoms with Gasteiger partial charge in [0, 0.05) is 32.7 Å². The van der Waals surface area contributed by atoms with Gasteiger partial charge in [0.05, 0.1) is 6.04 Å². The molecular formula is C23H39N3O2. The molecule has 0 aromatic heterocycles. The van der Waals surface area contributed by atoms with Gasteiger partial charge in [0.1, 0.15) is 5.78 Å². The number of allylic oxidation sites excluding steroid dienone is 1. The normalized spacial score (nSPS) is 12.9. The quantitative estimate of drug-likeness (QED) is 0.593. The maximum absolute atomic E-state index is 11.8. The lowest BCUT2D eigenvalue weighted by molar-refractivity contribution is -0.122. The van der Waals surface area contributed by atoms with E-state index in [1.54, 1.807) is 14.0 Å². The SMILES string of the molecule is C/C=C/[C@@H](CCCc1ccc(NC)cc1)N(C)[C@@H](CC)C(C)=O.CNC(C)=O. The zero-order valence-corrected chi connectivity index (χ0v) is 18.7. The van der Waals surface area contributed by atoms with Crippen molar-refractivity contribution in [1.29, 1.82) is 0 Å². The Bertz CT molecular complexity index is 596. The number of carbonyl (C=O) groups is 2. The summed E-state index contributed by atoms with van der Waals surface area (Å²) in [5, 5.41) is 5.53. The van der Waals surface area contributed by atoms with Gasteiger partial charge in [0.15, 0.2) is 0 Å². The van der Waals surface area contributed by atoms with Crippen molar-refractivity contribution in [3.63, 3.8) is 0 Å². The van der Waals surface area contributed by atoms with Crippen LogP contribution in [-0.2, 0) is 16.0 Å². The lowest BCUT2D eigenvalue weighted by Gasteiger charge is -2.31. The van der Waals surface area contributed by atoms with Crippen LogP contribution < -0.4 is 10.6 Å². The first-order valence-electron chi connectivity index (χ1n) is 10.1. The van der Waals surface area contributed by atoms with E-state index in [-0.39, 0.29) is 17.7 Å². The monoisotopic (exact) mass is 389 g/mol. The van der Waals surface area contributed by atoms with Crippen molar-refractivity contribution in [3.8, 4) is 0 Å². The van der Waals surface area contributed by atoms with Gasteiger partial charge in [-0.1, -0.05) is 31.2 Å². The highest BCUT2D eigenvalue weighted by Crippen LogP contribution is 2.17. The molecule has 0 bridgehead atoms. The molecule has 28 heavy (non-hydrogen) atoms. The molecule has 2 N–H and O–H groups in total. The van der Waals surface area contributed by atoms with Crippen molar-refractivity contribution >= 4 is 17.4 Å². The van der Waals surface area contributed by atoms with Crippen molar-refractivity contribution in [2.75, 3.05) is 26.5 Å². The molecule has 0 unspecified atom stereocenters. The highest BCUT2D eigenvalue weighted by molar-refractivity contribution is 5.81. The second-order valence-electron chi connectivity index (χ2n) is 6.94. The number of nitrogens with zero attached hydrogens (tertiary/aromatic N) is 1. The van der Waals surface area contributed by atoms with Gasteiger partial charge in [-0.3, -0.25) is 14.5 Å². The molecule has 5 nitrogen and oxygen atoms in total. The summed E-state index contributed by atoms with van der Waals surface area (Å²) in [6.07, 6.45) is 8.44. The molecule has 158 valence electrons. The molecule has 1 amide bonds. The molecule has 0 spiro atoms. The molecule has 0 aliphatic heterocycles. The number of hydrogen-bond acceptors (Lipinski definition) is 4. The van der Waals surface area contributed by atoms with Gasteiger partial charge in [-0.15, -0.1) is 0 Å². The Hall–Kier alpha value is -2.14. The number of ketones is 1. The summed E-state index contributed by atoms with van der Waals surface area (Å²) < 4.78 is 0. The third-order valence-electron chi connectivity index (χ3n) is 4.85. The van der Waals surface area contributed by atoms with E-state index in [1.807, 2.05) is 14.0 Å². The van der Waals surface area contributed by atoms with E-state index in [0.717, 1.165) is 31.4 Å². The molecule has 1 rings (SSSR count). The van der Waals surface area contributed by atoms with E-state index in [9.17, 15) is 9.59 Å². The van der Waals surface area contributed by atoms with Crippen LogP contribution in [0.2, 0.25) is 0 Å². The number of rotatable bonds is 10. The Morgan fingerprint density at radius 2 is 1.71 bits per heavy atom. The summed E-state index contributed by atoms with van der Waals surface area (Å²) in [7, 11) is 5.61. The fraction of sp³-hybridized carbons (Fsp3) is 0.565. The first kappa shape index (κ1) is 25.9. The first-order chi connectivity index (χ1) is 13.3. The number of carbonyl (C=O) groups excluding carboxylic acids is 2. The molecule has 0 aliphatic carbocycles. The van der Waals surface area contributed by atoms with Crippen LogP contribution in [0, 0.1) is 0 Å². The standard InChI is InChI=1S/C20H32N2O.C3H7NO/c1-6-9-19(22(5)20(7-2)16(3)23)11-8-10-17-12-14-18(21-4)15-13-17;1-3(5)4-2/h6,9,12-15,19-21H,7-8,10-11H2,1-5H3;1-2H3,(H,4,5)/b9-6+;/t19-,20-;/m0./s1. The number of aryl methyl sites for hydroxylation is 1. The number of Topliss-reactive ketones (excluding diaryl/α,β-unsaturated/α-hetero) is 1. The maximum Gasteiger partial charge on any atom is 0.216 e. The lowest BCUT2D eigenvalue weighted by atomic mass is 10.0. The van der Waals surface area contributed by atoms with E-state index in [4.69, 9.17) is 0 Å². The van der Waals surface area contributed by atoms with Crippen molar-refractivity contribution in [3.05, 3.63) is 42.0 Å². The van der Waals surface area contributed by atoms with Gasteiger partial charge in [-0.25, -0.2) is 0 Å². The van der Waals surface area contributed by atoms with E-state index in [2.05, 4.69) is 65.9 Å². The van der Waals surface area contributed by atoms with Gasteiger partial charge in [-0.05, 0) is 64.3 Å². The van der Waals surface area contributed by atoms with Crippen LogP contribution in [0.3, 0.4) is 0 Å². The zero-order chi connectivity index (χ0) is 21.5. The molecule has 5 heteroatoms. The minimum absolute atomic E-state index is 0.00463. The van der Waals surface area contributed by atoms with Gasteiger partial charge >= 0.3 is 0 Å². The molecule has 0 saturated heterocycles. The highest BCUT2D eigenvalue weighted by Gasteiger charge is 2.22. The fourth-order valence-electron chi connectivity index (χ4n) is 3.10. The summed E-state index contributed by atoms with van der Waals surface area (Å²) in [6, 6.07) is 8.95. The second-order valence-corrected chi connectivity index (χ2v) is 6.94. The van der Waals surface area contributed by atoms with Gasteiger partial charge in [0.25, 0.3) is 0 Å². The largest absolute Gasteiger partial charge is 0.388 e. The zero-order valence-electron chi connectivity index (χ0n) is 18.7. The molecule has 1 aromatic rings. The third-order valence-corrected chi connectivity index (χ3v) is 4.85. The van der Waals surface area contributed by atoms with Crippen LogP contribution in [0.5, 0.6) is 0 Å². The second kappa shape index (κ2) is 14.9. The number of hydrogen-bond donors (Lipinski definition) is 2. The smallest absolute Gasteiger partial charge is 0.216 e. The van der Waals surface area contributed by atoms with Crippen LogP contribution in [0.15, 0.2) is 36.4 Å². The molecule has 0 fully saturated rings. The summed E-state index contributed by atoms with van der Waals surface area (Å²) in [4.78, 5) is 23.7. The first-order valence-corrected chi connectivity index (χ1v) is 10.1. The number of anilines is 1. The fourth-order valence-corrected chi connectivity index (χ4v) is 3.10. The van der Waals surface area contributed by atoms with Crippen molar-refractivity contribution in [2.45, 2.75) is 65.5 Å². The molecule has 1 aromatic carbocycles. The summed E-state index contributed by atoms with van der Waals surface area (Å²) in [5.74, 6) is 0.261. The summed E-state index contributed by atoms with van der Waals surface area (Å²) in [6.45, 7) is 7.30. The number of benzene rings is 1. The van der Waals surface area contributed by atoms with Crippen molar-refractivity contribution in [1.82, 2.24) is 10.2 Å². The van der Waals surface area contributed by atoms with Crippen LogP contribution in [0.1, 0.15) is 52.5 Å². The molecule has 0 heterocycles. The van der Waals surface area contributed by atoms with Crippen molar-refractivity contribution < 1.29 is 9.59 Å². The average molecular weight is 390 g/mol. The minimum Gasteiger partial charge on any atom is -0.388 e. The minimum atomic E-state index is 0.00463. The number of nitrogens with one attached hydrogen (secondary N) is 2. The van der Waals surface area contributed by atoms with Crippen LogP contribution >= 0.6 is 0 Å². The predicted molar refractivity (Wildman–Crippen MR) is 120 cm³/mol. The number of likely N-dealkylation sites (N-methyl/N-ethyl adjacent to an activating group) is 1. The van der Waals surface area contributed by atoms with Crippen molar-refractivity contribution in [2.24, 2.45) is 0 Å². The number of amides is 1. The third kappa shape index (κ3) is 10.3. The van der Waals surface area contributed by atoms with Gasteiger partial charge in [-0.2, -0.15) is 0 Å². The predicted octanol–water partition coefficient (Wildman–Crippen LogP) is 4.05. The topological polar surface area (TPSA) is 61.4 Å². The van der Waals surface area contributed by atoms with Crippen LogP contribution in [0.25, 0.3) is 0 Å². The molecule has 0 radical (unpaired) electrons. The molecule has 0 saturated carbocycles. The van der Waals surface area contributed by atoms with Gasteiger partial charge < -0.3 is 10.6 Å². The highest BCUT2D eigenvalue weighted by atomic mass is 16.1. The average Bonchev–Trinajstić information content (AvgIpc) is 2.68. The molecule has 2 atom stereocenters. The van der Waals surface area contributed by atoms with Gasteiger partial charge in [0.2, 0.25) is 5.91 Å². The summed E-state index contributed by atoms with van der Waals surface area (Å²) >= 11 is 0. The van der Waals surface area contributed by atoms with E-state index < -0.39 is 0 Å². The van der Waals surface area contributed by atoms with Crippen LogP contribution in [0.4, 0.5) is 5.69 Å². The Balaban J connectivity index is 0.00000129. The Morgan fingerprint density at radius 3 is 2.11 bits per heavy atom. The Morgan fingerprint density at radius 1 is 1.14 bits per heavy atom. The maximum atomic E-state index is 11.8.